The molecule has 26 heavy (non-hydrogen) atoms. The van der Waals surface area contributed by atoms with Gasteiger partial charge in [0.1, 0.15) is 5.58 Å². The summed E-state index contributed by atoms with van der Waals surface area (Å²) in [5, 5.41) is 10.0. The zero-order valence-corrected chi connectivity index (χ0v) is 14.8. The highest BCUT2D eigenvalue weighted by Crippen LogP contribution is 2.33. The van der Waals surface area contributed by atoms with E-state index in [0.717, 1.165) is 35.8 Å². The van der Waals surface area contributed by atoms with Gasteiger partial charge in [0.05, 0.1) is 6.10 Å². The molecule has 0 bridgehead atoms. The summed E-state index contributed by atoms with van der Waals surface area (Å²) in [6.07, 6.45) is 2.37. The van der Waals surface area contributed by atoms with Gasteiger partial charge in [-0.25, -0.2) is 4.79 Å². The van der Waals surface area contributed by atoms with Gasteiger partial charge >= 0.3 is 5.97 Å². The average Bonchev–Trinajstić information content (AvgIpc) is 3.27. The number of carboxylic acids is 1. The molecule has 6 heteroatoms. The Balaban J connectivity index is 1.40. The minimum absolute atomic E-state index is 0.00119. The summed E-state index contributed by atoms with van der Waals surface area (Å²) in [7, 11) is 0. The molecule has 0 spiro atoms. The number of fused-ring (bicyclic) bond motifs is 1. The summed E-state index contributed by atoms with van der Waals surface area (Å²) in [6.45, 7) is 3.22. The highest BCUT2D eigenvalue weighted by Gasteiger charge is 2.37. The Morgan fingerprint density at radius 3 is 2.50 bits per heavy atom. The van der Waals surface area contributed by atoms with Crippen LogP contribution >= 0.6 is 0 Å². The van der Waals surface area contributed by atoms with Gasteiger partial charge < -0.3 is 19.2 Å². The standard InChI is InChI=1S/C20H23NO5/c1-12-14-4-2-3-5-16(14)26-18(12)19(22)21-10-8-13(9-11-21)15-6-7-17(25-15)20(23)24/h2-5,13,15,17H,6-11H2,1H3,(H,23,24)/t15-,17+/m0/s1. The summed E-state index contributed by atoms with van der Waals surface area (Å²) in [5.41, 5.74) is 1.62. The molecule has 0 unspecified atom stereocenters. The zero-order valence-electron chi connectivity index (χ0n) is 14.8. The number of nitrogens with zero attached hydrogens (tertiary/aromatic N) is 1. The number of hydrogen-bond acceptors (Lipinski definition) is 4. The molecule has 0 radical (unpaired) electrons. The molecule has 1 amide bonds. The first-order valence-electron chi connectivity index (χ1n) is 9.20. The molecule has 4 rings (SSSR count). The fourth-order valence-corrected chi connectivity index (χ4v) is 4.19. The van der Waals surface area contributed by atoms with Gasteiger partial charge in [-0.3, -0.25) is 4.79 Å². The number of furan rings is 1. The van der Waals surface area contributed by atoms with Crippen molar-refractivity contribution in [2.24, 2.45) is 5.92 Å². The maximum atomic E-state index is 12.9. The van der Waals surface area contributed by atoms with Crippen LogP contribution < -0.4 is 0 Å². The smallest absolute Gasteiger partial charge is 0.332 e. The van der Waals surface area contributed by atoms with E-state index in [9.17, 15) is 9.59 Å². The monoisotopic (exact) mass is 357 g/mol. The third-order valence-electron chi connectivity index (χ3n) is 5.72. The largest absolute Gasteiger partial charge is 0.479 e. The summed E-state index contributed by atoms with van der Waals surface area (Å²) in [6, 6.07) is 7.68. The van der Waals surface area contributed by atoms with E-state index in [-0.39, 0.29) is 12.0 Å². The van der Waals surface area contributed by atoms with E-state index in [1.54, 1.807) is 0 Å². The highest BCUT2D eigenvalue weighted by atomic mass is 16.5. The number of piperidine rings is 1. The molecule has 2 saturated heterocycles. The molecular weight excluding hydrogens is 334 g/mol. The van der Waals surface area contributed by atoms with Crippen LogP contribution in [0.3, 0.4) is 0 Å². The van der Waals surface area contributed by atoms with Crippen molar-refractivity contribution in [2.75, 3.05) is 13.1 Å². The molecule has 2 aliphatic heterocycles. The van der Waals surface area contributed by atoms with Gasteiger partial charge in [-0.05, 0) is 44.6 Å². The fourth-order valence-electron chi connectivity index (χ4n) is 4.19. The van der Waals surface area contributed by atoms with Crippen molar-refractivity contribution in [3.63, 3.8) is 0 Å². The highest BCUT2D eigenvalue weighted by molar-refractivity contribution is 5.98. The minimum atomic E-state index is -0.875. The molecule has 2 fully saturated rings. The predicted molar refractivity (Wildman–Crippen MR) is 95.1 cm³/mol. The third-order valence-corrected chi connectivity index (χ3v) is 5.72. The lowest BCUT2D eigenvalue weighted by atomic mass is 9.89. The van der Waals surface area contributed by atoms with Crippen molar-refractivity contribution < 1.29 is 23.8 Å². The van der Waals surface area contributed by atoms with Crippen LogP contribution in [0.2, 0.25) is 0 Å². The van der Waals surface area contributed by atoms with Crippen LogP contribution in [0.25, 0.3) is 11.0 Å². The predicted octanol–water partition coefficient (Wildman–Crippen LogP) is 3.23. The van der Waals surface area contributed by atoms with Gasteiger partial charge in [-0.1, -0.05) is 18.2 Å². The molecule has 6 nitrogen and oxygen atoms in total. The average molecular weight is 357 g/mol. The first kappa shape index (κ1) is 17.1. The Labute approximate surface area is 151 Å². The minimum Gasteiger partial charge on any atom is -0.479 e. The van der Waals surface area contributed by atoms with Crippen molar-refractivity contribution in [2.45, 2.75) is 44.8 Å². The lowest BCUT2D eigenvalue weighted by Gasteiger charge is -2.34. The number of hydrogen-bond donors (Lipinski definition) is 1. The van der Waals surface area contributed by atoms with E-state index in [2.05, 4.69) is 0 Å². The molecule has 2 aromatic rings. The Morgan fingerprint density at radius 2 is 1.85 bits per heavy atom. The lowest BCUT2D eigenvalue weighted by molar-refractivity contribution is -0.150. The van der Waals surface area contributed by atoms with Crippen LogP contribution in [0.5, 0.6) is 0 Å². The van der Waals surface area contributed by atoms with Gasteiger partial charge in [0.25, 0.3) is 5.91 Å². The number of para-hydroxylation sites is 1. The maximum absolute atomic E-state index is 12.9. The van der Waals surface area contributed by atoms with E-state index in [4.69, 9.17) is 14.3 Å². The molecule has 0 aliphatic carbocycles. The number of amides is 1. The number of aliphatic carboxylic acids is 1. The molecule has 1 N–H and O–H groups in total. The SMILES string of the molecule is Cc1c(C(=O)N2CCC([C@@H]3CC[C@H](C(=O)O)O3)CC2)oc2ccccc12. The van der Waals surface area contributed by atoms with Gasteiger partial charge in [-0.15, -0.1) is 0 Å². The number of carboxylic acid groups (broad SMARTS) is 1. The second kappa shape index (κ2) is 6.76. The first-order valence-corrected chi connectivity index (χ1v) is 9.20. The molecule has 3 heterocycles. The normalized spacial score (nSPS) is 24.3. The molecule has 0 saturated carbocycles. The van der Waals surface area contributed by atoms with Crippen LogP contribution in [0.4, 0.5) is 0 Å². The molecule has 1 aromatic carbocycles. The number of ether oxygens (including phenoxy) is 1. The van der Waals surface area contributed by atoms with Crippen LogP contribution in [0.1, 0.15) is 41.8 Å². The van der Waals surface area contributed by atoms with Crippen LogP contribution in [-0.4, -0.2) is 47.2 Å². The van der Waals surface area contributed by atoms with Crippen molar-refractivity contribution in [3.8, 4) is 0 Å². The van der Waals surface area contributed by atoms with Gasteiger partial charge in [0, 0.05) is 24.0 Å². The third kappa shape index (κ3) is 2.98. The molecule has 2 aliphatic rings. The molecule has 2 atom stereocenters. The van der Waals surface area contributed by atoms with Crippen LogP contribution in [0.15, 0.2) is 28.7 Å². The summed E-state index contributed by atoms with van der Waals surface area (Å²) in [5.74, 6) is -0.193. The maximum Gasteiger partial charge on any atom is 0.332 e. The van der Waals surface area contributed by atoms with Gasteiger partial charge in [0.2, 0.25) is 0 Å². The van der Waals surface area contributed by atoms with E-state index in [1.165, 1.54) is 0 Å². The zero-order chi connectivity index (χ0) is 18.3. The summed E-state index contributed by atoms with van der Waals surface area (Å²) >= 11 is 0. The van der Waals surface area contributed by atoms with E-state index >= 15 is 0 Å². The fraction of sp³-hybridized carbons (Fsp3) is 0.500. The second-order valence-electron chi connectivity index (χ2n) is 7.26. The number of carbonyl (C=O) groups excluding carboxylic acids is 1. The molecular formula is C20H23NO5. The summed E-state index contributed by atoms with van der Waals surface area (Å²) < 4.78 is 11.5. The van der Waals surface area contributed by atoms with Gasteiger partial charge in [0.15, 0.2) is 11.9 Å². The summed E-state index contributed by atoms with van der Waals surface area (Å²) in [4.78, 5) is 25.8. The topological polar surface area (TPSA) is 80.0 Å². The Hall–Kier alpha value is -2.34. The van der Waals surface area contributed by atoms with Crippen molar-refractivity contribution in [1.82, 2.24) is 4.90 Å². The van der Waals surface area contributed by atoms with E-state index in [1.807, 2.05) is 36.1 Å². The molecule has 138 valence electrons. The number of likely N-dealkylation sites (tertiary alicyclic amines) is 1. The van der Waals surface area contributed by atoms with E-state index < -0.39 is 12.1 Å². The quantitative estimate of drug-likeness (QED) is 0.912. The second-order valence-corrected chi connectivity index (χ2v) is 7.26. The van der Waals surface area contributed by atoms with E-state index in [0.29, 0.717) is 31.2 Å². The number of rotatable bonds is 3. The Bertz CT molecular complexity index is 834. The Morgan fingerprint density at radius 1 is 1.12 bits per heavy atom. The Kier molecular flexibility index (Phi) is 4.44. The van der Waals surface area contributed by atoms with Crippen molar-refractivity contribution >= 4 is 22.8 Å². The molecule has 1 aromatic heterocycles. The van der Waals surface area contributed by atoms with Gasteiger partial charge in [-0.2, -0.15) is 0 Å². The number of carbonyl (C=O) groups is 2. The van der Waals surface area contributed by atoms with Crippen molar-refractivity contribution in [3.05, 3.63) is 35.6 Å². The van der Waals surface area contributed by atoms with Crippen LogP contribution in [0, 0.1) is 12.8 Å². The number of benzene rings is 1. The van der Waals surface area contributed by atoms with Crippen LogP contribution in [-0.2, 0) is 9.53 Å². The van der Waals surface area contributed by atoms with Crippen molar-refractivity contribution in [1.29, 1.82) is 0 Å². The lowest BCUT2D eigenvalue weighted by Crippen LogP contribution is -2.41. The number of aryl methyl sites for hydroxylation is 1. The first-order chi connectivity index (χ1) is 12.5.